The first kappa shape index (κ1) is 14.5. The molecular weight excluding hydrogens is 223 g/mol. The van der Waals surface area contributed by atoms with Gasteiger partial charge < -0.3 is 15.4 Å². The van der Waals surface area contributed by atoms with Gasteiger partial charge in [-0.2, -0.15) is 0 Å². The summed E-state index contributed by atoms with van der Waals surface area (Å²) in [5.41, 5.74) is -0.540. The van der Waals surface area contributed by atoms with E-state index in [1.165, 1.54) is 0 Å². The second-order valence-electron chi connectivity index (χ2n) is 4.43. The zero-order valence-corrected chi connectivity index (χ0v) is 9.99. The van der Waals surface area contributed by atoms with Crippen LogP contribution in [0.2, 0.25) is 0 Å². The van der Waals surface area contributed by atoms with Crippen LogP contribution in [0.4, 0.5) is 9.18 Å². The SMILES string of the molecule is CC(C)(C)OC(=O)N[C@@H]1CNC[C@H]1F.Cl. The minimum Gasteiger partial charge on any atom is -0.444 e. The highest BCUT2D eigenvalue weighted by Crippen LogP contribution is 2.09. The van der Waals surface area contributed by atoms with Crippen LogP contribution in [-0.4, -0.2) is 37.0 Å². The normalized spacial score (nSPS) is 25.6. The number of rotatable bonds is 1. The van der Waals surface area contributed by atoms with Crippen molar-refractivity contribution in [3.63, 3.8) is 0 Å². The lowest BCUT2D eigenvalue weighted by atomic mass is 10.2. The summed E-state index contributed by atoms with van der Waals surface area (Å²) in [5, 5.41) is 5.33. The van der Waals surface area contributed by atoms with Crippen molar-refractivity contribution in [1.29, 1.82) is 0 Å². The molecule has 1 aliphatic rings. The fourth-order valence-electron chi connectivity index (χ4n) is 1.25. The maximum absolute atomic E-state index is 13.0. The number of hydrogen-bond donors (Lipinski definition) is 2. The Morgan fingerprint density at radius 1 is 1.47 bits per heavy atom. The first-order valence-corrected chi connectivity index (χ1v) is 4.73. The maximum atomic E-state index is 13.0. The van der Waals surface area contributed by atoms with E-state index in [0.29, 0.717) is 13.1 Å². The van der Waals surface area contributed by atoms with Crippen LogP contribution < -0.4 is 10.6 Å². The molecule has 0 aromatic heterocycles. The second-order valence-corrected chi connectivity index (χ2v) is 4.43. The second kappa shape index (κ2) is 5.51. The molecule has 1 fully saturated rings. The molecule has 0 saturated carbocycles. The first-order valence-electron chi connectivity index (χ1n) is 4.73. The Hall–Kier alpha value is -0.550. The van der Waals surface area contributed by atoms with Gasteiger partial charge in [0.2, 0.25) is 0 Å². The highest BCUT2D eigenvalue weighted by atomic mass is 35.5. The number of ether oxygens (including phenoxy) is 1. The molecular formula is C9H18ClFN2O2. The van der Waals surface area contributed by atoms with Crippen LogP contribution in [-0.2, 0) is 4.74 Å². The van der Waals surface area contributed by atoms with E-state index < -0.39 is 23.9 Å². The molecule has 6 heteroatoms. The van der Waals surface area contributed by atoms with Crippen molar-refractivity contribution in [2.24, 2.45) is 0 Å². The van der Waals surface area contributed by atoms with Gasteiger partial charge in [-0.25, -0.2) is 9.18 Å². The minimum atomic E-state index is -1.03. The molecule has 1 amide bonds. The predicted octanol–water partition coefficient (Wildman–Crippen LogP) is 1.24. The molecule has 2 atom stereocenters. The smallest absolute Gasteiger partial charge is 0.408 e. The topological polar surface area (TPSA) is 50.4 Å². The Morgan fingerprint density at radius 2 is 2.07 bits per heavy atom. The minimum absolute atomic E-state index is 0. The quantitative estimate of drug-likeness (QED) is 0.725. The summed E-state index contributed by atoms with van der Waals surface area (Å²) in [6.07, 6.45) is -1.59. The molecule has 1 heterocycles. The fraction of sp³-hybridized carbons (Fsp3) is 0.889. The van der Waals surface area contributed by atoms with E-state index in [9.17, 15) is 9.18 Å². The van der Waals surface area contributed by atoms with Gasteiger partial charge in [0.1, 0.15) is 11.8 Å². The highest BCUT2D eigenvalue weighted by molar-refractivity contribution is 5.85. The monoisotopic (exact) mass is 240 g/mol. The molecule has 2 N–H and O–H groups in total. The molecule has 4 nitrogen and oxygen atoms in total. The Bertz CT molecular complexity index is 221. The van der Waals surface area contributed by atoms with E-state index in [1.807, 2.05) is 0 Å². The zero-order valence-electron chi connectivity index (χ0n) is 9.17. The molecule has 0 radical (unpaired) electrons. The summed E-state index contributed by atoms with van der Waals surface area (Å²) in [4.78, 5) is 11.2. The molecule has 1 rings (SSSR count). The average molecular weight is 241 g/mol. The lowest BCUT2D eigenvalue weighted by Crippen LogP contribution is -2.43. The van der Waals surface area contributed by atoms with Crippen molar-refractivity contribution in [2.75, 3.05) is 13.1 Å². The third-order valence-corrected chi connectivity index (χ3v) is 1.84. The van der Waals surface area contributed by atoms with Crippen molar-refractivity contribution in [3.8, 4) is 0 Å². The number of nitrogens with one attached hydrogen (secondary N) is 2. The Balaban J connectivity index is 0.00000196. The number of hydrogen-bond acceptors (Lipinski definition) is 3. The summed E-state index contributed by atoms with van der Waals surface area (Å²) in [7, 11) is 0. The van der Waals surface area contributed by atoms with E-state index >= 15 is 0 Å². The van der Waals surface area contributed by atoms with Gasteiger partial charge in [-0.05, 0) is 20.8 Å². The van der Waals surface area contributed by atoms with Gasteiger partial charge in [0.25, 0.3) is 0 Å². The van der Waals surface area contributed by atoms with Crippen LogP contribution >= 0.6 is 12.4 Å². The summed E-state index contributed by atoms with van der Waals surface area (Å²) >= 11 is 0. The van der Waals surface area contributed by atoms with Crippen LogP contribution in [0.3, 0.4) is 0 Å². The zero-order chi connectivity index (χ0) is 10.8. The van der Waals surface area contributed by atoms with Crippen LogP contribution in [0.25, 0.3) is 0 Å². The number of carbonyl (C=O) groups excluding carboxylic acids is 1. The Labute approximate surface area is 95.3 Å². The fourth-order valence-corrected chi connectivity index (χ4v) is 1.25. The number of carbonyl (C=O) groups is 1. The molecule has 0 aromatic rings. The van der Waals surface area contributed by atoms with Gasteiger partial charge in [0, 0.05) is 13.1 Å². The summed E-state index contributed by atoms with van der Waals surface area (Å²) in [5.74, 6) is 0. The third-order valence-electron chi connectivity index (χ3n) is 1.84. The molecule has 1 aliphatic heterocycles. The lowest BCUT2D eigenvalue weighted by molar-refractivity contribution is 0.0490. The van der Waals surface area contributed by atoms with Crippen molar-refractivity contribution in [2.45, 2.75) is 38.6 Å². The standard InChI is InChI=1S/C9H17FN2O2.ClH/c1-9(2,3)14-8(13)12-7-5-11-4-6(7)10;/h6-7,11H,4-5H2,1-3H3,(H,12,13);1H/t6-,7-;/m1./s1. The third kappa shape index (κ3) is 5.18. The number of halogens is 2. The predicted molar refractivity (Wildman–Crippen MR) is 58.2 cm³/mol. The van der Waals surface area contributed by atoms with Crippen LogP contribution in [0.5, 0.6) is 0 Å². The van der Waals surface area contributed by atoms with Gasteiger partial charge in [-0.15, -0.1) is 12.4 Å². The molecule has 15 heavy (non-hydrogen) atoms. The maximum Gasteiger partial charge on any atom is 0.408 e. The van der Waals surface area contributed by atoms with Crippen molar-refractivity contribution < 1.29 is 13.9 Å². The molecule has 0 aromatic carbocycles. The Kier molecular flexibility index (Phi) is 5.31. The number of amides is 1. The van der Waals surface area contributed by atoms with Crippen LogP contribution in [0.15, 0.2) is 0 Å². The summed E-state index contributed by atoms with van der Waals surface area (Å²) in [6, 6.07) is -0.468. The van der Waals surface area contributed by atoms with E-state index in [1.54, 1.807) is 20.8 Å². The molecule has 0 spiro atoms. The highest BCUT2D eigenvalue weighted by Gasteiger charge is 2.29. The van der Waals surface area contributed by atoms with Crippen molar-refractivity contribution >= 4 is 18.5 Å². The van der Waals surface area contributed by atoms with Crippen LogP contribution in [0, 0.1) is 0 Å². The van der Waals surface area contributed by atoms with E-state index in [4.69, 9.17) is 4.74 Å². The summed E-state index contributed by atoms with van der Waals surface area (Å²) < 4.78 is 18.1. The molecule has 90 valence electrons. The van der Waals surface area contributed by atoms with Gasteiger partial charge in [-0.1, -0.05) is 0 Å². The average Bonchev–Trinajstić information content (AvgIpc) is 2.32. The van der Waals surface area contributed by atoms with E-state index in [-0.39, 0.29) is 12.4 Å². The van der Waals surface area contributed by atoms with Crippen LogP contribution in [0.1, 0.15) is 20.8 Å². The van der Waals surface area contributed by atoms with Gasteiger partial charge >= 0.3 is 6.09 Å². The number of alkyl halides is 1. The summed E-state index contributed by atoms with van der Waals surface area (Å²) in [6.45, 7) is 6.06. The van der Waals surface area contributed by atoms with Gasteiger partial charge in [-0.3, -0.25) is 0 Å². The molecule has 1 saturated heterocycles. The van der Waals surface area contributed by atoms with E-state index in [2.05, 4.69) is 10.6 Å². The first-order chi connectivity index (χ1) is 6.38. The van der Waals surface area contributed by atoms with E-state index in [0.717, 1.165) is 0 Å². The molecule has 0 unspecified atom stereocenters. The number of alkyl carbamates (subject to hydrolysis) is 1. The lowest BCUT2D eigenvalue weighted by Gasteiger charge is -2.22. The molecule has 0 bridgehead atoms. The Morgan fingerprint density at radius 3 is 2.47 bits per heavy atom. The van der Waals surface area contributed by atoms with Crippen molar-refractivity contribution in [1.82, 2.24) is 10.6 Å². The van der Waals surface area contributed by atoms with Gasteiger partial charge in [0.05, 0.1) is 6.04 Å². The van der Waals surface area contributed by atoms with Gasteiger partial charge in [0.15, 0.2) is 0 Å². The largest absolute Gasteiger partial charge is 0.444 e. The van der Waals surface area contributed by atoms with Crippen molar-refractivity contribution in [3.05, 3.63) is 0 Å². The molecule has 0 aliphatic carbocycles.